The first-order valence-corrected chi connectivity index (χ1v) is 16.5. The first-order chi connectivity index (χ1) is 23.3. The molecule has 4 amide bonds. The van der Waals surface area contributed by atoms with Crippen molar-refractivity contribution in [1.82, 2.24) is 25.0 Å². The maximum Gasteiger partial charge on any atom is 0.324 e. The molecule has 0 bridgehead atoms. The van der Waals surface area contributed by atoms with Crippen molar-refractivity contribution >= 4 is 40.2 Å². The number of hydrogen-bond acceptors (Lipinski definition) is 6. The zero-order valence-corrected chi connectivity index (χ0v) is 27.6. The van der Waals surface area contributed by atoms with Crippen molar-refractivity contribution in [3.05, 3.63) is 96.3 Å². The van der Waals surface area contributed by atoms with Gasteiger partial charge >= 0.3 is 12.1 Å². The third kappa shape index (κ3) is 8.10. The summed E-state index contributed by atoms with van der Waals surface area (Å²) in [6.45, 7) is 6.10. The van der Waals surface area contributed by atoms with Crippen LogP contribution in [0.5, 0.6) is 11.5 Å². The molecular formula is C37H42N8O3. The smallest absolute Gasteiger partial charge is 0.324 e. The zero-order valence-electron chi connectivity index (χ0n) is 27.6. The first kappa shape index (κ1) is 32.5. The molecule has 0 aliphatic carbocycles. The Kier molecular flexibility index (Phi) is 10.2. The minimum atomic E-state index is -0.382. The SMILES string of the molecule is CCCCc1cc(NC(=O)Nc2ccc(Oc3ccnc(NC(=O)NC4CCN(C)CC4)c3)c3ccccc23)n(-c2ccc(C)cc2)n1. The Balaban J connectivity index is 1.15. The molecule has 5 aromatic rings. The second kappa shape index (κ2) is 15.0. The van der Waals surface area contributed by atoms with Gasteiger partial charge < -0.3 is 20.3 Å². The number of benzene rings is 3. The van der Waals surface area contributed by atoms with Crippen molar-refractivity contribution < 1.29 is 14.3 Å². The molecule has 0 radical (unpaired) electrons. The van der Waals surface area contributed by atoms with E-state index in [9.17, 15) is 9.59 Å². The average molecular weight is 647 g/mol. The fourth-order valence-electron chi connectivity index (χ4n) is 5.78. The van der Waals surface area contributed by atoms with Gasteiger partial charge in [-0.3, -0.25) is 10.6 Å². The lowest BCUT2D eigenvalue weighted by Crippen LogP contribution is -2.44. The van der Waals surface area contributed by atoms with Crippen LogP contribution in [0.2, 0.25) is 0 Å². The largest absolute Gasteiger partial charge is 0.457 e. The summed E-state index contributed by atoms with van der Waals surface area (Å²) < 4.78 is 8.06. The Morgan fingerprint density at radius 2 is 1.67 bits per heavy atom. The van der Waals surface area contributed by atoms with Gasteiger partial charge in [0.25, 0.3) is 0 Å². The molecule has 1 fully saturated rings. The zero-order chi connectivity index (χ0) is 33.5. The Bertz CT molecular complexity index is 1880. The van der Waals surface area contributed by atoms with E-state index in [4.69, 9.17) is 9.84 Å². The van der Waals surface area contributed by atoms with Crippen LogP contribution in [0, 0.1) is 6.92 Å². The fourth-order valence-corrected chi connectivity index (χ4v) is 5.78. The van der Waals surface area contributed by atoms with Gasteiger partial charge in [-0.15, -0.1) is 0 Å². The van der Waals surface area contributed by atoms with Crippen molar-refractivity contribution in [2.45, 2.75) is 52.0 Å². The third-order valence-corrected chi connectivity index (χ3v) is 8.45. The Labute approximate surface area is 280 Å². The molecule has 2 aromatic heterocycles. The molecular weight excluding hydrogens is 604 g/mol. The molecule has 0 atom stereocenters. The summed E-state index contributed by atoms with van der Waals surface area (Å²) in [5.74, 6) is 2.10. The fraction of sp³-hybridized carbons (Fsp3) is 0.297. The van der Waals surface area contributed by atoms with Crippen LogP contribution < -0.4 is 26.0 Å². The number of carbonyl (C=O) groups excluding carboxylic acids is 2. The highest BCUT2D eigenvalue weighted by Crippen LogP contribution is 2.35. The topological polar surface area (TPSA) is 125 Å². The predicted molar refractivity (Wildman–Crippen MR) is 190 cm³/mol. The number of hydrogen-bond donors (Lipinski definition) is 4. The summed E-state index contributed by atoms with van der Waals surface area (Å²) in [5.41, 5.74) is 3.58. The lowest BCUT2D eigenvalue weighted by Gasteiger charge is -2.29. The maximum absolute atomic E-state index is 13.4. The number of anilines is 3. The van der Waals surface area contributed by atoms with Gasteiger partial charge in [-0.25, -0.2) is 19.3 Å². The molecule has 248 valence electrons. The quantitative estimate of drug-likeness (QED) is 0.123. The average Bonchev–Trinajstić information content (AvgIpc) is 3.48. The molecule has 1 saturated heterocycles. The summed E-state index contributed by atoms with van der Waals surface area (Å²) in [6, 6.07) is 24.2. The summed E-state index contributed by atoms with van der Waals surface area (Å²) in [6.07, 6.45) is 6.33. The highest BCUT2D eigenvalue weighted by molar-refractivity contribution is 6.07. The lowest BCUT2D eigenvalue weighted by molar-refractivity contribution is 0.221. The molecule has 0 spiro atoms. The van der Waals surface area contributed by atoms with E-state index in [-0.39, 0.29) is 18.1 Å². The molecule has 3 aromatic carbocycles. The number of rotatable bonds is 10. The minimum absolute atomic E-state index is 0.139. The van der Waals surface area contributed by atoms with Gasteiger partial charge in [-0.2, -0.15) is 5.10 Å². The molecule has 0 saturated carbocycles. The van der Waals surface area contributed by atoms with E-state index >= 15 is 0 Å². The molecule has 0 unspecified atom stereocenters. The number of likely N-dealkylation sites (tertiary alicyclic amines) is 1. The second-order valence-corrected chi connectivity index (χ2v) is 12.3. The van der Waals surface area contributed by atoms with E-state index in [1.54, 1.807) is 23.0 Å². The van der Waals surface area contributed by atoms with E-state index in [1.165, 1.54) is 0 Å². The summed E-state index contributed by atoms with van der Waals surface area (Å²) >= 11 is 0. The molecule has 1 aliphatic rings. The standard InChI is InChI=1S/C37H42N8O3/c1-4-5-8-27-23-35(45(43-27)28-13-11-25(2)12-14-28)42-37(47)40-32-15-16-33(31-10-7-6-9-30(31)32)48-29-17-20-38-34(24-29)41-36(46)39-26-18-21-44(3)22-19-26/h6-7,9-17,20,23-24,26H,4-5,8,18-19,21-22H2,1-3H3,(H2,40,42,47)(H2,38,39,41,46). The molecule has 1 aliphatic heterocycles. The number of fused-ring (bicyclic) bond motifs is 1. The van der Waals surface area contributed by atoms with Crippen LogP contribution in [0.1, 0.15) is 43.9 Å². The third-order valence-electron chi connectivity index (χ3n) is 8.45. The van der Waals surface area contributed by atoms with Gasteiger partial charge in [0.15, 0.2) is 0 Å². The van der Waals surface area contributed by atoms with Crippen LogP contribution in [0.25, 0.3) is 16.5 Å². The number of pyridine rings is 1. The van der Waals surface area contributed by atoms with E-state index in [2.05, 4.69) is 45.1 Å². The van der Waals surface area contributed by atoms with Gasteiger partial charge in [0.1, 0.15) is 23.1 Å². The van der Waals surface area contributed by atoms with Crippen LogP contribution in [-0.4, -0.2) is 57.9 Å². The molecule has 6 rings (SSSR count). The number of ether oxygens (including phenoxy) is 1. The van der Waals surface area contributed by atoms with Gasteiger partial charge in [0.05, 0.1) is 17.1 Å². The molecule has 11 heteroatoms. The van der Waals surface area contributed by atoms with Crippen LogP contribution >= 0.6 is 0 Å². The molecule has 4 N–H and O–H groups in total. The maximum atomic E-state index is 13.4. The van der Waals surface area contributed by atoms with Crippen LogP contribution in [0.3, 0.4) is 0 Å². The van der Waals surface area contributed by atoms with E-state index in [1.807, 2.05) is 73.7 Å². The summed E-state index contributed by atoms with van der Waals surface area (Å²) in [5, 5.41) is 18.3. The van der Waals surface area contributed by atoms with Crippen molar-refractivity contribution in [1.29, 1.82) is 0 Å². The lowest BCUT2D eigenvalue weighted by atomic mass is 10.1. The number of aryl methyl sites for hydroxylation is 2. The van der Waals surface area contributed by atoms with Gasteiger partial charge in [0.2, 0.25) is 0 Å². The van der Waals surface area contributed by atoms with Gasteiger partial charge in [0, 0.05) is 35.1 Å². The number of nitrogens with zero attached hydrogens (tertiary/aromatic N) is 4. The molecule has 48 heavy (non-hydrogen) atoms. The van der Waals surface area contributed by atoms with E-state index in [0.717, 1.165) is 72.9 Å². The van der Waals surface area contributed by atoms with Gasteiger partial charge in [-0.05, 0) is 83.1 Å². The summed E-state index contributed by atoms with van der Waals surface area (Å²) in [7, 11) is 2.09. The Morgan fingerprint density at radius 1 is 0.896 bits per heavy atom. The monoisotopic (exact) mass is 646 g/mol. The van der Waals surface area contributed by atoms with Crippen LogP contribution in [0.4, 0.5) is 26.9 Å². The predicted octanol–water partition coefficient (Wildman–Crippen LogP) is 7.72. The number of amides is 4. The normalized spacial score (nSPS) is 13.6. The Morgan fingerprint density at radius 3 is 2.44 bits per heavy atom. The Hall–Kier alpha value is -5.42. The number of nitrogens with one attached hydrogen (secondary N) is 4. The van der Waals surface area contributed by atoms with Crippen LogP contribution in [0.15, 0.2) is 85.1 Å². The van der Waals surface area contributed by atoms with Crippen molar-refractivity contribution in [3.63, 3.8) is 0 Å². The second-order valence-electron chi connectivity index (χ2n) is 12.3. The number of urea groups is 2. The van der Waals surface area contributed by atoms with Crippen molar-refractivity contribution in [2.75, 3.05) is 36.1 Å². The number of carbonyl (C=O) groups is 2. The number of unbranched alkanes of at least 4 members (excludes halogenated alkanes) is 1. The summed E-state index contributed by atoms with van der Waals surface area (Å²) in [4.78, 5) is 32.6. The molecule has 11 nitrogen and oxygen atoms in total. The highest BCUT2D eigenvalue weighted by Gasteiger charge is 2.19. The van der Waals surface area contributed by atoms with Crippen LogP contribution in [-0.2, 0) is 6.42 Å². The van der Waals surface area contributed by atoms with Crippen molar-refractivity contribution in [3.8, 4) is 17.2 Å². The highest BCUT2D eigenvalue weighted by atomic mass is 16.5. The van der Waals surface area contributed by atoms with E-state index < -0.39 is 0 Å². The molecule has 3 heterocycles. The first-order valence-electron chi connectivity index (χ1n) is 16.5. The van der Waals surface area contributed by atoms with Gasteiger partial charge in [-0.1, -0.05) is 55.3 Å². The van der Waals surface area contributed by atoms with E-state index in [0.29, 0.717) is 28.8 Å². The number of aromatic nitrogens is 3. The van der Waals surface area contributed by atoms with Crippen molar-refractivity contribution in [2.24, 2.45) is 0 Å². The number of piperidine rings is 1. The minimum Gasteiger partial charge on any atom is -0.457 e.